The number of rotatable bonds is 6. The molecular weight excluding hydrogens is 425 g/mol. The van der Waals surface area contributed by atoms with Gasteiger partial charge in [-0.15, -0.1) is 0 Å². The third-order valence-corrected chi connectivity index (χ3v) is 3.70. The number of methoxy groups -OCH3 is 2. The van der Waals surface area contributed by atoms with E-state index >= 15 is 0 Å². The van der Waals surface area contributed by atoms with Gasteiger partial charge in [0, 0.05) is 27.5 Å². The summed E-state index contributed by atoms with van der Waals surface area (Å²) >= 11 is 2.10. The second kappa shape index (κ2) is 8.53. The van der Waals surface area contributed by atoms with Gasteiger partial charge in [-0.3, -0.25) is 4.79 Å². The van der Waals surface area contributed by atoms with Gasteiger partial charge in [-0.1, -0.05) is 6.07 Å². The van der Waals surface area contributed by atoms with E-state index in [-0.39, 0.29) is 6.61 Å². The van der Waals surface area contributed by atoms with Crippen molar-refractivity contribution in [2.24, 2.45) is 0 Å². The quantitative estimate of drug-likeness (QED) is 0.551. The van der Waals surface area contributed by atoms with Gasteiger partial charge in [0.1, 0.15) is 11.5 Å². The molecule has 0 bridgehead atoms. The van der Waals surface area contributed by atoms with E-state index in [4.69, 9.17) is 14.2 Å². The average Bonchev–Trinajstić information content (AvgIpc) is 2.59. The highest BCUT2D eigenvalue weighted by Gasteiger charge is 2.11. The molecule has 0 aliphatic heterocycles. The smallest absolute Gasteiger partial charge is 0.338 e. The molecule has 0 radical (unpaired) electrons. The molecule has 2 aromatic rings. The maximum absolute atomic E-state index is 11.9. The third-order valence-electron chi connectivity index (χ3n) is 3.03. The Labute approximate surface area is 153 Å². The molecule has 0 aliphatic carbocycles. The minimum Gasteiger partial charge on any atom is -0.497 e. The number of amides is 1. The number of carbonyl (C=O) groups is 2. The maximum atomic E-state index is 11.9. The number of ether oxygens (including phenoxy) is 3. The van der Waals surface area contributed by atoms with Crippen LogP contribution in [0.4, 0.5) is 5.69 Å². The molecule has 0 saturated carbocycles. The van der Waals surface area contributed by atoms with Gasteiger partial charge in [-0.2, -0.15) is 0 Å². The molecule has 0 saturated heterocycles. The van der Waals surface area contributed by atoms with Crippen molar-refractivity contribution in [1.29, 1.82) is 0 Å². The lowest BCUT2D eigenvalue weighted by Crippen LogP contribution is -2.21. The summed E-state index contributed by atoms with van der Waals surface area (Å²) < 4.78 is 16.2. The molecule has 2 rings (SSSR count). The van der Waals surface area contributed by atoms with E-state index < -0.39 is 11.9 Å². The van der Waals surface area contributed by atoms with Crippen LogP contribution in [0.25, 0.3) is 0 Å². The molecule has 0 aliphatic rings. The van der Waals surface area contributed by atoms with E-state index in [2.05, 4.69) is 27.9 Å². The summed E-state index contributed by atoms with van der Waals surface area (Å²) in [6, 6.07) is 11.9. The Morgan fingerprint density at radius 3 is 2.29 bits per heavy atom. The van der Waals surface area contributed by atoms with Crippen LogP contribution in [0.3, 0.4) is 0 Å². The van der Waals surface area contributed by atoms with Crippen LogP contribution in [0, 0.1) is 3.57 Å². The summed E-state index contributed by atoms with van der Waals surface area (Å²) in [4.78, 5) is 23.9. The lowest BCUT2D eigenvalue weighted by molar-refractivity contribution is -0.119. The fourth-order valence-corrected chi connectivity index (χ4v) is 2.45. The molecule has 0 heterocycles. The molecule has 1 N–H and O–H groups in total. The predicted octanol–water partition coefficient (Wildman–Crippen LogP) is 3.10. The lowest BCUT2D eigenvalue weighted by atomic mass is 10.2. The summed E-state index contributed by atoms with van der Waals surface area (Å²) in [6.07, 6.45) is 0. The van der Waals surface area contributed by atoms with Crippen LogP contribution in [0.1, 0.15) is 10.4 Å². The average molecular weight is 441 g/mol. The van der Waals surface area contributed by atoms with Crippen molar-refractivity contribution in [3.8, 4) is 11.5 Å². The first-order chi connectivity index (χ1) is 11.5. The zero-order valence-electron chi connectivity index (χ0n) is 13.2. The van der Waals surface area contributed by atoms with Crippen LogP contribution in [-0.2, 0) is 9.53 Å². The van der Waals surface area contributed by atoms with Crippen LogP contribution in [0.5, 0.6) is 11.5 Å². The van der Waals surface area contributed by atoms with Crippen LogP contribution in [0.2, 0.25) is 0 Å². The van der Waals surface area contributed by atoms with Gasteiger partial charge in [0.25, 0.3) is 5.91 Å². The Morgan fingerprint density at radius 2 is 1.71 bits per heavy atom. The number of benzene rings is 2. The lowest BCUT2D eigenvalue weighted by Gasteiger charge is -2.10. The minimum atomic E-state index is -0.549. The van der Waals surface area contributed by atoms with Gasteiger partial charge in [0.15, 0.2) is 6.61 Å². The van der Waals surface area contributed by atoms with Gasteiger partial charge >= 0.3 is 5.97 Å². The largest absolute Gasteiger partial charge is 0.497 e. The topological polar surface area (TPSA) is 73.9 Å². The summed E-state index contributed by atoms with van der Waals surface area (Å²) in [5.74, 6) is 0.0807. The first kappa shape index (κ1) is 18.1. The summed E-state index contributed by atoms with van der Waals surface area (Å²) in [7, 11) is 3.03. The van der Waals surface area contributed by atoms with Gasteiger partial charge < -0.3 is 19.5 Å². The number of halogens is 1. The van der Waals surface area contributed by atoms with Crippen molar-refractivity contribution >= 4 is 40.2 Å². The van der Waals surface area contributed by atoms with E-state index in [1.165, 1.54) is 14.2 Å². The van der Waals surface area contributed by atoms with E-state index in [0.717, 1.165) is 3.57 Å². The molecule has 0 fully saturated rings. The standard InChI is InChI=1S/C17H16INO5/c1-22-14-7-13(8-15(9-14)23-2)19-16(20)10-24-17(21)11-4-3-5-12(18)6-11/h3-9H,10H2,1-2H3,(H,19,20). The molecule has 0 unspecified atom stereocenters. The van der Waals surface area contributed by atoms with E-state index in [1.807, 2.05) is 6.07 Å². The summed E-state index contributed by atoms with van der Waals surface area (Å²) in [6.45, 7) is -0.385. The van der Waals surface area contributed by atoms with Crippen molar-refractivity contribution in [2.75, 3.05) is 26.1 Å². The zero-order chi connectivity index (χ0) is 17.5. The second-order valence-electron chi connectivity index (χ2n) is 4.74. The molecular formula is C17H16INO5. The Morgan fingerprint density at radius 1 is 1.04 bits per heavy atom. The SMILES string of the molecule is COc1cc(NC(=O)COC(=O)c2cccc(I)c2)cc(OC)c1. The fourth-order valence-electron chi connectivity index (χ4n) is 1.91. The van der Waals surface area contributed by atoms with Gasteiger partial charge in [0.2, 0.25) is 0 Å². The van der Waals surface area contributed by atoms with Crippen molar-refractivity contribution in [1.82, 2.24) is 0 Å². The molecule has 24 heavy (non-hydrogen) atoms. The van der Waals surface area contributed by atoms with Crippen LogP contribution in [0.15, 0.2) is 42.5 Å². The third kappa shape index (κ3) is 5.12. The Hall–Kier alpha value is -2.29. The predicted molar refractivity (Wildman–Crippen MR) is 97.6 cm³/mol. The minimum absolute atomic E-state index is 0.385. The molecule has 0 atom stereocenters. The molecule has 126 valence electrons. The molecule has 0 spiro atoms. The number of carbonyl (C=O) groups excluding carboxylic acids is 2. The fraction of sp³-hybridized carbons (Fsp3) is 0.176. The van der Waals surface area contributed by atoms with Crippen molar-refractivity contribution in [3.05, 3.63) is 51.6 Å². The van der Waals surface area contributed by atoms with Crippen molar-refractivity contribution in [2.45, 2.75) is 0 Å². The molecule has 7 heteroatoms. The highest BCUT2D eigenvalue weighted by Crippen LogP contribution is 2.25. The normalized spacial score (nSPS) is 9.96. The van der Waals surface area contributed by atoms with Gasteiger partial charge in [-0.05, 0) is 40.8 Å². The van der Waals surface area contributed by atoms with E-state index in [1.54, 1.807) is 36.4 Å². The Bertz CT molecular complexity index is 725. The molecule has 1 amide bonds. The molecule has 6 nitrogen and oxygen atoms in total. The summed E-state index contributed by atoms with van der Waals surface area (Å²) in [5.41, 5.74) is 0.888. The van der Waals surface area contributed by atoms with E-state index in [9.17, 15) is 9.59 Å². The first-order valence-electron chi connectivity index (χ1n) is 6.97. The van der Waals surface area contributed by atoms with Gasteiger partial charge in [0.05, 0.1) is 19.8 Å². The highest BCUT2D eigenvalue weighted by molar-refractivity contribution is 14.1. The Balaban J connectivity index is 1.95. The highest BCUT2D eigenvalue weighted by atomic mass is 127. The van der Waals surface area contributed by atoms with Gasteiger partial charge in [-0.25, -0.2) is 4.79 Å². The van der Waals surface area contributed by atoms with Crippen molar-refractivity contribution < 1.29 is 23.8 Å². The first-order valence-corrected chi connectivity index (χ1v) is 8.05. The van der Waals surface area contributed by atoms with E-state index in [0.29, 0.717) is 22.7 Å². The second-order valence-corrected chi connectivity index (χ2v) is 5.98. The number of esters is 1. The maximum Gasteiger partial charge on any atom is 0.338 e. The number of nitrogens with one attached hydrogen (secondary N) is 1. The Kier molecular flexibility index (Phi) is 6.42. The number of hydrogen-bond donors (Lipinski definition) is 1. The van der Waals surface area contributed by atoms with Crippen molar-refractivity contribution in [3.63, 3.8) is 0 Å². The van der Waals surface area contributed by atoms with Crippen LogP contribution >= 0.6 is 22.6 Å². The monoisotopic (exact) mass is 441 g/mol. The van der Waals surface area contributed by atoms with Crippen LogP contribution in [-0.4, -0.2) is 32.7 Å². The number of anilines is 1. The van der Waals surface area contributed by atoms with Crippen LogP contribution < -0.4 is 14.8 Å². The molecule has 2 aromatic carbocycles. The number of hydrogen-bond acceptors (Lipinski definition) is 5. The summed E-state index contributed by atoms with van der Waals surface area (Å²) in [5, 5.41) is 2.63. The zero-order valence-corrected chi connectivity index (χ0v) is 15.3. The molecule has 0 aromatic heterocycles.